The molecule has 0 aliphatic carbocycles. The monoisotopic (exact) mass is 242 g/mol. The zero-order valence-corrected chi connectivity index (χ0v) is 11.6. The molecule has 0 bridgehead atoms. The lowest BCUT2D eigenvalue weighted by atomic mass is 10.0. The van der Waals surface area contributed by atoms with Crippen LogP contribution in [0.3, 0.4) is 0 Å². The van der Waals surface area contributed by atoms with Gasteiger partial charge in [-0.1, -0.05) is 6.92 Å². The number of thioether (sulfide) groups is 1. The van der Waals surface area contributed by atoms with Gasteiger partial charge >= 0.3 is 0 Å². The van der Waals surface area contributed by atoms with E-state index >= 15 is 0 Å². The van der Waals surface area contributed by atoms with Crippen LogP contribution in [0.4, 0.5) is 0 Å². The summed E-state index contributed by atoms with van der Waals surface area (Å²) in [6, 6.07) is 0.779. The van der Waals surface area contributed by atoms with Crippen LogP contribution < -0.4 is 5.32 Å². The summed E-state index contributed by atoms with van der Waals surface area (Å²) in [6.07, 6.45) is 5.50. The first-order chi connectivity index (χ1) is 7.72. The molecule has 2 heterocycles. The molecule has 0 aromatic carbocycles. The van der Waals surface area contributed by atoms with E-state index in [2.05, 4.69) is 35.8 Å². The fourth-order valence-electron chi connectivity index (χ4n) is 2.79. The van der Waals surface area contributed by atoms with Crippen molar-refractivity contribution in [3.05, 3.63) is 0 Å². The molecule has 3 heteroatoms. The molecule has 2 rings (SSSR count). The van der Waals surface area contributed by atoms with E-state index < -0.39 is 0 Å². The van der Waals surface area contributed by atoms with E-state index in [1.807, 2.05) is 0 Å². The van der Waals surface area contributed by atoms with Crippen molar-refractivity contribution in [2.45, 2.75) is 50.3 Å². The van der Waals surface area contributed by atoms with Gasteiger partial charge in [-0.15, -0.1) is 0 Å². The Balaban J connectivity index is 1.67. The molecule has 2 saturated heterocycles. The minimum Gasteiger partial charge on any atom is -0.313 e. The molecule has 0 spiro atoms. The Kier molecular flexibility index (Phi) is 4.57. The Morgan fingerprint density at radius 3 is 2.69 bits per heavy atom. The van der Waals surface area contributed by atoms with Crippen LogP contribution in [0.1, 0.15) is 39.5 Å². The van der Waals surface area contributed by atoms with Crippen LogP contribution in [-0.2, 0) is 0 Å². The number of nitrogens with one attached hydrogen (secondary N) is 1. The summed E-state index contributed by atoms with van der Waals surface area (Å²) in [5.41, 5.74) is 0. The molecule has 0 aromatic heterocycles. The van der Waals surface area contributed by atoms with E-state index in [0.717, 1.165) is 6.04 Å². The molecular formula is C13H26N2S. The van der Waals surface area contributed by atoms with E-state index in [1.165, 1.54) is 57.6 Å². The van der Waals surface area contributed by atoms with Gasteiger partial charge in [-0.25, -0.2) is 0 Å². The summed E-state index contributed by atoms with van der Waals surface area (Å²) in [6.45, 7) is 9.72. The van der Waals surface area contributed by atoms with Crippen molar-refractivity contribution in [1.29, 1.82) is 0 Å². The van der Waals surface area contributed by atoms with Crippen LogP contribution >= 0.6 is 11.8 Å². The highest BCUT2D eigenvalue weighted by atomic mass is 32.2. The van der Waals surface area contributed by atoms with Gasteiger partial charge in [-0.3, -0.25) is 0 Å². The maximum Gasteiger partial charge on any atom is 0.0256 e. The van der Waals surface area contributed by atoms with Gasteiger partial charge in [-0.2, -0.15) is 11.8 Å². The van der Waals surface area contributed by atoms with Crippen LogP contribution in [0.15, 0.2) is 0 Å². The van der Waals surface area contributed by atoms with Crippen molar-refractivity contribution >= 4 is 11.8 Å². The topological polar surface area (TPSA) is 15.3 Å². The van der Waals surface area contributed by atoms with Crippen molar-refractivity contribution < 1.29 is 0 Å². The van der Waals surface area contributed by atoms with Crippen LogP contribution in [0.5, 0.6) is 0 Å². The van der Waals surface area contributed by atoms with Crippen molar-refractivity contribution in [3.63, 3.8) is 0 Å². The molecule has 2 fully saturated rings. The second-order valence-electron chi connectivity index (χ2n) is 5.49. The fourth-order valence-corrected chi connectivity index (χ4v) is 4.05. The predicted molar refractivity (Wildman–Crippen MR) is 73.2 cm³/mol. The standard InChI is InChI=1S/C13H26N2S/c1-3-15-8-5-12(6-9-15)14-11-13(2)7-4-10-16-13/h12,14H,3-11H2,1-2H3. The van der Waals surface area contributed by atoms with Crippen LogP contribution in [-0.4, -0.2) is 47.6 Å². The van der Waals surface area contributed by atoms with E-state index in [0.29, 0.717) is 4.75 Å². The zero-order valence-electron chi connectivity index (χ0n) is 10.8. The maximum absolute atomic E-state index is 3.80. The van der Waals surface area contributed by atoms with Crippen molar-refractivity contribution in [3.8, 4) is 0 Å². The molecule has 94 valence electrons. The summed E-state index contributed by atoms with van der Waals surface area (Å²) in [4.78, 5) is 2.56. The molecular weight excluding hydrogens is 216 g/mol. The van der Waals surface area contributed by atoms with E-state index in [1.54, 1.807) is 0 Å². The van der Waals surface area contributed by atoms with Crippen LogP contribution in [0.25, 0.3) is 0 Å². The minimum absolute atomic E-state index is 0.530. The first-order valence-corrected chi connectivity index (χ1v) is 7.80. The fraction of sp³-hybridized carbons (Fsp3) is 1.00. The number of likely N-dealkylation sites (tertiary alicyclic amines) is 1. The Hall–Kier alpha value is 0.270. The lowest BCUT2D eigenvalue weighted by Crippen LogP contribution is -2.46. The average Bonchev–Trinajstić information content (AvgIpc) is 2.75. The Morgan fingerprint density at radius 1 is 1.38 bits per heavy atom. The number of hydrogen-bond acceptors (Lipinski definition) is 3. The molecule has 2 nitrogen and oxygen atoms in total. The van der Waals surface area contributed by atoms with Gasteiger partial charge in [0.15, 0.2) is 0 Å². The number of piperidine rings is 1. The lowest BCUT2D eigenvalue weighted by Gasteiger charge is -2.34. The molecule has 2 aliphatic rings. The molecule has 0 aromatic rings. The third-order valence-electron chi connectivity index (χ3n) is 4.10. The Bertz CT molecular complexity index is 206. The van der Waals surface area contributed by atoms with Gasteiger partial charge < -0.3 is 10.2 Å². The molecule has 0 saturated carbocycles. The molecule has 16 heavy (non-hydrogen) atoms. The van der Waals surface area contributed by atoms with E-state index in [4.69, 9.17) is 0 Å². The Morgan fingerprint density at radius 2 is 2.12 bits per heavy atom. The minimum atomic E-state index is 0.530. The summed E-state index contributed by atoms with van der Waals surface area (Å²) < 4.78 is 0.530. The highest BCUT2D eigenvalue weighted by Crippen LogP contribution is 2.37. The molecule has 1 unspecified atom stereocenters. The Labute approximate surface area is 105 Å². The van der Waals surface area contributed by atoms with Crippen LogP contribution in [0, 0.1) is 0 Å². The second-order valence-corrected chi connectivity index (χ2v) is 7.17. The summed E-state index contributed by atoms with van der Waals surface area (Å²) in [5, 5.41) is 3.80. The third kappa shape index (κ3) is 3.38. The van der Waals surface area contributed by atoms with Crippen molar-refractivity contribution in [2.24, 2.45) is 0 Å². The average molecular weight is 242 g/mol. The second kappa shape index (κ2) is 5.74. The van der Waals surface area contributed by atoms with Crippen molar-refractivity contribution in [1.82, 2.24) is 10.2 Å². The zero-order chi connectivity index (χ0) is 11.4. The highest BCUT2D eigenvalue weighted by molar-refractivity contribution is 8.00. The lowest BCUT2D eigenvalue weighted by molar-refractivity contribution is 0.204. The number of rotatable bonds is 4. The number of nitrogens with zero attached hydrogens (tertiary/aromatic N) is 1. The van der Waals surface area contributed by atoms with Gasteiger partial charge in [0.25, 0.3) is 0 Å². The molecule has 2 aliphatic heterocycles. The highest BCUT2D eigenvalue weighted by Gasteiger charge is 2.30. The van der Waals surface area contributed by atoms with Crippen molar-refractivity contribution in [2.75, 3.05) is 31.9 Å². The smallest absolute Gasteiger partial charge is 0.0256 e. The molecule has 1 atom stereocenters. The maximum atomic E-state index is 3.80. The van der Waals surface area contributed by atoms with Gasteiger partial charge in [0.05, 0.1) is 0 Å². The summed E-state index contributed by atoms with van der Waals surface area (Å²) >= 11 is 2.17. The van der Waals surface area contributed by atoms with Crippen LogP contribution in [0.2, 0.25) is 0 Å². The quantitative estimate of drug-likeness (QED) is 0.815. The first kappa shape index (κ1) is 12.7. The molecule has 1 N–H and O–H groups in total. The normalized spacial score (nSPS) is 33.4. The molecule has 0 amide bonds. The molecule has 0 radical (unpaired) electrons. The van der Waals surface area contributed by atoms with E-state index in [9.17, 15) is 0 Å². The third-order valence-corrected chi connectivity index (χ3v) is 5.64. The van der Waals surface area contributed by atoms with E-state index in [-0.39, 0.29) is 0 Å². The summed E-state index contributed by atoms with van der Waals surface area (Å²) in [7, 11) is 0. The summed E-state index contributed by atoms with van der Waals surface area (Å²) in [5.74, 6) is 1.37. The largest absolute Gasteiger partial charge is 0.313 e. The first-order valence-electron chi connectivity index (χ1n) is 6.81. The predicted octanol–water partition coefficient (Wildman–Crippen LogP) is 2.35. The SMILES string of the molecule is CCN1CCC(NCC2(C)CCCS2)CC1. The number of hydrogen-bond donors (Lipinski definition) is 1. The van der Waals surface area contributed by atoms with Gasteiger partial charge in [0, 0.05) is 17.3 Å². The van der Waals surface area contributed by atoms with Gasteiger partial charge in [0.1, 0.15) is 0 Å². The van der Waals surface area contributed by atoms with Gasteiger partial charge in [-0.05, 0) is 58.0 Å². The van der Waals surface area contributed by atoms with Gasteiger partial charge in [0.2, 0.25) is 0 Å².